The van der Waals surface area contributed by atoms with Crippen LogP contribution >= 0.6 is 15.9 Å². The van der Waals surface area contributed by atoms with E-state index >= 15 is 0 Å². The van der Waals surface area contributed by atoms with Crippen molar-refractivity contribution in [1.29, 1.82) is 0 Å². The molecule has 1 fully saturated rings. The molecule has 1 aromatic rings. The van der Waals surface area contributed by atoms with Gasteiger partial charge in [-0.2, -0.15) is 0 Å². The van der Waals surface area contributed by atoms with Crippen LogP contribution in [0.2, 0.25) is 0 Å². The number of sulfonamides is 1. The van der Waals surface area contributed by atoms with Crippen molar-refractivity contribution in [2.75, 3.05) is 5.33 Å². The first-order valence-electron chi connectivity index (χ1n) is 6.73. The van der Waals surface area contributed by atoms with Crippen molar-refractivity contribution in [3.8, 4) is 0 Å². The molecule has 1 saturated carbocycles. The second-order valence-corrected chi connectivity index (χ2v) is 7.84. The molecule has 1 aliphatic rings. The Hall–Kier alpha value is -0.460. The SMILES string of the molecule is CC1CCC(CBr)(NS(=O)(=O)c2ccccc2F)CC1. The van der Waals surface area contributed by atoms with Crippen LogP contribution in [0, 0.1) is 11.7 Å². The Bertz CT molecular complexity index is 568. The van der Waals surface area contributed by atoms with Crippen LogP contribution in [0.1, 0.15) is 32.6 Å². The summed E-state index contributed by atoms with van der Waals surface area (Å²) in [7, 11) is -3.83. The van der Waals surface area contributed by atoms with Crippen molar-refractivity contribution in [3.05, 3.63) is 30.1 Å². The zero-order valence-electron chi connectivity index (χ0n) is 11.4. The number of hydrogen-bond donors (Lipinski definition) is 1. The minimum Gasteiger partial charge on any atom is -0.207 e. The zero-order chi connectivity index (χ0) is 14.8. The number of hydrogen-bond acceptors (Lipinski definition) is 2. The average molecular weight is 364 g/mol. The van der Waals surface area contributed by atoms with Crippen molar-refractivity contribution in [1.82, 2.24) is 4.72 Å². The highest BCUT2D eigenvalue weighted by Gasteiger charge is 2.37. The summed E-state index contributed by atoms with van der Waals surface area (Å²) < 4.78 is 41.2. The lowest BCUT2D eigenvalue weighted by Crippen LogP contribution is -2.51. The molecular formula is C14H19BrFNO2S. The lowest BCUT2D eigenvalue weighted by Gasteiger charge is -2.38. The van der Waals surface area contributed by atoms with Gasteiger partial charge in [-0.15, -0.1) is 0 Å². The highest BCUT2D eigenvalue weighted by atomic mass is 79.9. The van der Waals surface area contributed by atoms with Gasteiger partial charge in [-0.3, -0.25) is 0 Å². The number of nitrogens with one attached hydrogen (secondary N) is 1. The first-order chi connectivity index (χ1) is 9.38. The molecule has 0 unspecified atom stereocenters. The summed E-state index contributed by atoms with van der Waals surface area (Å²) in [4.78, 5) is -0.279. The molecule has 0 bridgehead atoms. The largest absolute Gasteiger partial charge is 0.244 e. The molecule has 0 amide bonds. The van der Waals surface area contributed by atoms with Crippen LogP contribution < -0.4 is 4.72 Å². The van der Waals surface area contributed by atoms with Gasteiger partial charge in [-0.25, -0.2) is 17.5 Å². The predicted molar refractivity (Wildman–Crippen MR) is 80.9 cm³/mol. The average Bonchev–Trinajstić information content (AvgIpc) is 2.42. The van der Waals surface area contributed by atoms with Gasteiger partial charge in [0, 0.05) is 10.9 Å². The molecule has 0 radical (unpaired) electrons. The lowest BCUT2D eigenvalue weighted by molar-refractivity contribution is 0.249. The van der Waals surface area contributed by atoms with E-state index in [1.54, 1.807) is 0 Å². The fraction of sp³-hybridized carbons (Fsp3) is 0.571. The van der Waals surface area contributed by atoms with E-state index in [4.69, 9.17) is 0 Å². The first-order valence-corrected chi connectivity index (χ1v) is 9.33. The van der Waals surface area contributed by atoms with Gasteiger partial charge in [0.1, 0.15) is 10.7 Å². The molecular weight excluding hydrogens is 345 g/mol. The normalized spacial score (nSPS) is 27.4. The lowest BCUT2D eigenvalue weighted by atomic mass is 9.79. The van der Waals surface area contributed by atoms with Crippen molar-refractivity contribution < 1.29 is 12.8 Å². The Labute approximate surface area is 128 Å². The van der Waals surface area contributed by atoms with Crippen LogP contribution in [0.3, 0.4) is 0 Å². The molecule has 1 N–H and O–H groups in total. The highest BCUT2D eigenvalue weighted by molar-refractivity contribution is 9.09. The third-order valence-electron chi connectivity index (χ3n) is 3.96. The van der Waals surface area contributed by atoms with E-state index in [1.165, 1.54) is 18.2 Å². The van der Waals surface area contributed by atoms with Crippen molar-refractivity contribution >= 4 is 26.0 Å². The van der Waals surface area contributed by atoms with Gasteiger partial charge in [-0.1, -0.05) is 35.0 Å². The van der Waals surface area contributed by atoms with Gasteiger partial charge in [0.05, 0.1) is 0 Å². The topological polar surface area (TPSA) is 46.2 Å². The third kappa shape index (κ3) is 3.40. The predicted octanol–water partition coefficient (Wildman–Crippen LogP) is 3.45. The van der Waals surface area contributed by atoms with Gasteiger partial charge >= 0.3 is 0 Å². The number of halogens is 2. The highest BCUT2D eigenvalue weighted by Crippen LogP contribution is 2.34. The molecule has 0 aromatic heterocycles. The fourth-order valence-electron chi connectivity index (χ4n) is 2.58. The van der Waals surface area contributed by atoms with E-state index in [9.17, 15) is 12.8 Å². The van der Waals surface area contributed by atoms with Gasteiger partial charge < -0.3 is 0 Å². The smallest absolute Gasteiger partial charge is 0.207 e. The van der Waals surface area contributed by atoms with Gasteiger partial charge in [-0.05, 0) is 43.7 Å². The number of rotatable bonds is 4. The van der Waals surface area contributed by atoms with Crippen molar-refractivity contribution in [2.45, 2.75) is 43.0 Å². The summed E-state index contributed by atoms with van der Waals surface area (Å²) >= 11 is 3.41. The molecule has 1 aromatic carbocycles. The first kappa shape index (κ1) is 15.9. The van der Waals surface area contributed by atoms with E-state index in [0.717, 1.165) is 31.7 Å². The molecule has 3 nitrogen and oxygen atoms in total. The number of alkyl halides is 1. The van der Waals surface area contributed by atoms with E-state index < -0.39 is 21.4 Å². The molecule has 112 valence electrons. The summed E-state index contributed by atoms with van der Waals surface area (Å²) in [5, 5.41) is 0.542. The monoisotopic (exact) mass is 363 g/mol. The zero-order valence-corrected chi connectivity index (χ0v) is 13.8. The maximum Gasteiger partial charge on any atom is 0.244 e. The maximum absolute atomic E-state index is 13.7. The van der Waals surface area contributed by atoms with Crippen LogP contribution in [0.5, 0.6) is 0 Å². The van der Waals surface area contributed by atoms with E-state index in [1.807, 2.05) is 0 Å². The molecule has 0 saturated heterocycles. The minimum absolute atomic E-state index is 0.279. The Morgan fingerprint density at radius 3 is 2.50 bits per heavy atom. The Morgan fingerprint density at radius 2 is 1.95 bits per heavy atom. The second kappa shape index (κ2) is 6.12. The molecule has 0 heterocycles. The minimum atomic E-state index is -3.83. The molecule has 0 aliphatic heterocycles. The Morgan fingerprint density at radius 1 is 1.35 bits per heavy atom. The van der Waals surface area contributed by atoms with Gasteiger partial charge in [0.15, 0.2) is 0 Å². The molecule has 0 spiro atoms. The summed E-state index contributed by atoms with van der Waals surface area (Å²) in [5.41, 5.74) is -0.506. The second-order valence-electron chi connectivity index (χ2n) is 5.63. The fourth-order valence-corrected chi connectivity index (χ4v) is 5.01. The van der Waals surface area contributed by atoms with Crippen LogP contribution in [0.15, 0.2) is 29.2 Å². The summed E-state index contributed by atoms with van der Waals surface area (Å²) in [6.07, 6.45) is 3.50. The van der Waals surface area contributed by atoms with Gasteiger partial charge in [0.2, 0.25) is 10.0 Å². The van der Waals surface area contributed by atoms with E-state index in [2.05, 4.69) is 27.6 Å². The van der Waals surface area contributed by atoms with Crippen LogP contribution in [0.25, 0.3) is 0 Å². The molecule has 2 rings (SSSR count). The summed E-state index contributed by atoms with van der Waals surface area (Å²) in [6.45, 7) is 2.17. The van der Waals surface area contributed by atoms with Gasteiger partial charge in [0.25, 0.3) is 0 Å². The molecule has 20 heavy (non-hydrogen) atoms. The summed E-state index contributed by atoms with van der Waals surface area (Å²) in [6, 6.07) is 5.47. The van der Waals surface area contributed by atoms with Crippen molar-refractivity contribution in [2.24, 2.45) is 5.92 Å². The van der Waals surface area contributed by atoms with Crippen LogP contribution in [0.4, 0.5) is 4.39 Å². The molecule has 6 heteroatoms. The standard InChI is InChI=1S/C14H19BrFNO2S/c1-11-6-8-14(10-15,9-7-11)17-20(18,19)13-5-3-2-4-12(13)16/h2-5,11,17H,6-10H2,1H3. The molecule has 0 atom stereocenters. The summed E-state index contributed by atoms with van der Waals surface area (Å²) in [5.74, 6) is -0.103. The van der Waals surface area contributed by atoms with Crippen molar-refractivity contribution in [3.63, 3.8) is 0 Å². The quantitative estimate of drug-likeness (QED) is 0.832. The Balaban J connectivity index is 2.25. The van der Waals surface area contributed by atoms with E-state index in [-0.39, 0.29) is 4.90 Å². The Kier molecular flexibility index (Phi) is 4.87. The van der Waals surface area contributed by atoms with Crippen LogP contribution in [-0.4, -0.2) is 19.3 Å². The van der Waals surface area contributed by atoms with E-state index in [0.29, 0.717) is 11.2 Å². The molecule has 1 aliphatic carbocycles. The number of benzene rings is 1. The maximum atomic E-state index is 13.7. The third-order valence-corrected chi connectivity index (χ3v) is 6.65. The van der Waals surface area contributed by atoms with Crippen LogP contribution in [-0.2, 0) is 10.0 Å².